The average molecular weight is 384 g/mol. The lowest BCUT2D eigenvalue weighted by molar-refractivity contribution is -0.115. The summed E-state index contributed by atoms with van der Waals surface area (Å²) in [4.78, 5) is 22.4. The highest BCUT2D eigenvalue weighted by Crippen LogP contribution is 2.25. The van der Waals surface area contributed by atoms with Crippen molar-refractivity contribution < 1.29 is 19.1 Å². The van der Waals surface area contributed by atoms with Gasteiger partial charge < -0.3 is 20.1 Å². The van der Waals surface area contributed by atoms with Crippen molar-refractivity contribution in [1.82, 2.24) is 0 Å². The van der Waals surface area contributed by atoms with E-state index in [4.69, 9.17) is 9.47 Å². The van der Waals surface area contributed by atoms with Gasteiger partial charge in [0.05, 0.1) is 24.6 Å². The Kier molecular flexibility index (Phi) is 8.85. The molecule has 2 aromatic carbocycles. The van der Waals surface area contributed by atoms with E-state index >= 15 is 0 Å². The van der Waals surface area contributed by atoms with Crippen LogP contribution in [0.15, 0.2) is 48.5 Å². The van der Waals surface area contributed by atoms with Crippen LogP contribution in [0, 0.1) is 0 Å². The fraction of sp³-hybridized carbons (Fsp3) is 0.364. The highest BCUT2D eigenvalue weighted by Gasteiger charge is 2.05. The van der Waals surface area contributed by atoms with Crippen molar-refractivity contribution in [1.29, 1.82) is 0 Å². The summed E-state index contributed by atoms with van der Waals surface area (Å²) >= 11 is 0. The molecule has 150 valence electrons. The van der Waals surface area contributed by atoms with E-state index in [-0.39, 0.29) is 11.8 Å². The minimum absolute atomic E-state index is 0.115. The molecule has 0 spiro atoms. The van der Waals surface area contributed by atoms with Gasteiger partial charge in [0.1, 0.15) is 11.5 Å². The maximum Gasteiger partial charge on any atom is 0.221 e. The van der Waals surface area contributed by atoms with Crippen molar-refractivity contribution in [3.63, 3.8) is 0 Å². The van der Waals surface area contributed by atoms with Gasteiger partial charge in [-0.2, -0.15) is 0 Å². The second kappa shape index (κ2) is 11.6. The maximum atomic E-state index is 11.2. The van der Waals surface area contributed by atoms with Crippen LogP contribution in [0.5, 0.6) is 11.5 Å². The number of unbranched alkanes of at least 4 members (excludes halogenated alkanes) is 3. The van der Waals surface area contributed by atoms with Gasteiger partial charge in [0, 0.05) is 13.8 Å². The standard InChI is InChI=1S/C22H28N2O4/c1-17(25)23-19-11-5-7-13-21(19)27-15-9-3-4-10-16-28-22-14-8-6-12-20(22)24-18(2)26/h5-8,11-14H,3-4,9-10,15-16H2,1-2H3,(H,23,25)(H,24,26). The third-order valence-corrected chi connectivity index (χ3v) is 3.95. The molecule has 0 aliphatic carbocycles. The first kappa shape index (κ1) is 21.3. The van der Waals surface area contributed by atoms with Crippen LogP contribution in [0.3, 0.4) is 0 Å². The number of carbonyl (C=O) groups is 2. The first-order valence-electron chi connectivity index (χ1n) is 9.55. The first-order valence-corrected chi connectivity index (χ1v) is 9.55. The van der Waals surface area contributed by atoms with Crippen molar-refractivity contribution in [2.24, 2.45) is 0 Å². The summed E-state index contributed by atoms with van der Waals surface area (Å²) in [5.74, 6) is 1.15. The number of carbonyl (C=O) groups excluding carboxylic acids is 2. The minimum Gasteiger partial charge on any atom is -0.491 e. The molecule has 2 N–H and O–H groups in total. The van der Waals surface area contributed by atoms with Gasteiger partial charge in [0.15, 0.2) is 0 Å². The minimum atomic E-state index is -0.115. The van der Waals surface area contributed by atoms with E-state index in [0.717, 1.165) is 25.7 Å². The number of nitrogens with one attached hydrogen (secondary N) is 2. The summed E-state index contributed by atoms with van der Waals surface area (Å²) in [6.07, 6.45) is 3.91. The van der Waals surface area contributed by atoms with Crippen LogP contribution in [0.1, 0.15) is 39.5 Å². The normalized spacial score (nSPS) is 10.2. The largest absolute Gasteiger partial charge is 0.491 e. The van der Waals surface area contributed by atoms with Gasteiger partial charge >= 0.3 is 0 Å². The highest BCUT2D eigenvalue weighted by molar-refractivity contribution is 5.90. The van der Waals surface area contributed by atoms with Gasteiger partial charge in [-0.05, 0) is 49.9 Å². The number of para-hydroxylation sites is 4. The Morgan fingerprint density at radius 1 is 0.679 bits per heavy atom. The van der Waals surface area contributed by atoms with E-state index in [1.165, 1.54) is 13.8 Å². The monoisotopic (exact) mass is 384 g/mol. The average Bonchev–Trinajstić information content (AvgIpc) is 2.65. The predicted molar refractivity (Wildman–Crippen MR) is 111 cm³/mol. The van der Waals surface area contributed by atoms with E-state index in [9.17, 15) is 9.59 Å². The van der Waals surface area contributed by atoms with Crippen molar-refractivity contribution in [3.05, 3.63) is 48.5 Å². The Bertz CT molecular complexity index is 711. The Hall–Kier alpha value is -3.02. The lowest BCUT2D eigenvalue weighted by Gasteiger charge is -2.12. The molecule has 0 radical (unpaired) electrons. The zero-order valence-electron chi connectivity index (χ0n) is 16.5. The Morgan fingerprint density at radius 2 is 1.07 bits per heavy atom. The molecule has 2 rings (SSSR count). The van der Waals surface area contributed by atoms with Gasteiger partial charge in [-0.25, -0.2) is 0 Å². The summed E-state index contributed by atoms with van der Waals surface area (Å²) in [5, 5.41) is 5.53. The van der Waals surface area contributed by atoms with E-state index in [2.05, 4.69) is 10.6 Å². The second-order valence-electron chi connectivity index (χ2n) is 6.47. The van der Waals surface area contributed by atoms with Crippen molar-refractivity contribution >= 4 is 23.2 Å². The van der Waals surface area contributed by atoms with Crippen molar-refractivity contribution in [2.75, 3.05) is 23.8 Å². The van der Waals surface area contributed by atoms with Crippen LogP contribution in [0.4, 0.5) is 11.4 Å². The second-order valence-corrected chi connectivity index (χ2v) is 6.47. The smallest absolute Gasteiger partial charge is 0.221 e. The first-order chi connectivity index (χ1) is 13.6. The molecule has 28 heavy (non-hydrogen) atoms. The molecule has 6 heteroatoms. The van der Waals surface area contributed by atoms with Crippen molar-refractivity contribution in [2.45, 2.75) is 39.5 Å². The molecule has 0 saturated heterocycles. The van der Waals surface area contributed by atoms with E-state index in [1.54, 1.807) is 0 Å². The summed E-state index contributed by atoms with van der Waals surface area (Å²) < 4.78 is 11.6. The van der Waals surface area contributed by atoms with Gasteiger partial charge in [-0.3, -0.25) is 9.59 Å². The fourth-order valence-electron chi connectivity index (χ4n) is 2.69. The summed E-state index contributed by atoms with van der Waals surface area (Å²) in [5.41, 5.74) is 1.39. The lowest BCUT2D eigenvalue weighted by Crippen LogP contribution is -2.08. The van der Waals surface area contributed by atoms with Crippen LogP contribution in [-0.2, 0) is 9.59 Å². The number of anilines is 2. The molecular formula is C22H28N2O4. The van der Waals surface area contributed by atoms with Crippen LogP contribution < -0.4 is 20.1 Å². The number of benzene rings is 2. The molecule has 2 amide bonds. The van der Waals surface area contributed by atoms with Crippen LogP contribution in [0.25, 0.3) is 0 Å². The summed E-state index contributed by atoms with van der Waals surface area (Å²) in [7, 11) is 0. The Balaban J connectivity index is 1.62. The Morgan fingerprint density at radius 3 is 1.46 bits per heavy atom. The molecule has 0 aliphatic rings. The molecular weight excluding hydrogens is 356 g/mol. The maximum absolute atomic E-state index is 11.2. The topological polar surface area (TPSA) is 76.7 Å². The van der Waals surface area contributed by atoms with Crippen LogP contribution in [0.2, 0.25) is 0 Å². The van der Waals surface area contributed by atoms with Crippen LogP contribution >= 0.6 is 0 Å². The molecule has 0 fully saturated rings. The number of hydrogen-bond donors (Lipinski definition) is 2. The van der Waals surface area contributed by atoms with Crippen molar-refractivity contribution in [3.8, 4) is 11.5 Å². The predicted octanol–water partition coefficient (Wildman–Crippen LogP) is 4.62. The third-order valence-electron chi connectivity index (χ3n) is 3.95. The lowest BCUT2D eigenvalue weighted by atomic mass is 10.2. The summed E-state index contributed by atoms with van der Waals surface area (Å²) in [6.45, 7) is 4.16. The molecule has 2 aromatic rings. The quantitative estimate of drug-likeness (QED) is 0.554. The molecule has 0 atom stereocenters. The Labute approximate surface area is 166 Å². The zero-order chi connectivity index (χ0) is 20.2. The number of rotatable bonds is 11. The third kappa shape index (κ3) is 7.70. The molecule has 0 bridgehead atoms. The van der Waals surface area contributed by atoms with Gasteiger partial charge in [-0.15, -0.1) is 0 Å². The van der Waals surface area contributed by atoms with Gasteiger partial charge in [0.25, 0.3) is 0 Å². The fourth-order valence-corrected chi connectivity index (χ4v) is 2.69. The molecule has 0 heterocycles. The zero-order valence-corrected chi connectivity index (χ0v) is 16.5. The number of ether oxygens (including phenoxy) is 2. The molecule has 0 aromatic heterocycles. The van der Waals surface area contributed by atoms with E-state index < -0.39 is 0 Å². The molecule has 0 unspecified atom stereocenters. The molecule has 0 saturated carbocycles. The summed E-state index contributed by atoms with van der Waals surface area (Å²) in [6, 6.07) is 14.9. The number of amides is 2. The van der Waals surface area contributed by atoms with Gasteiger partial charge in [-0.1, -0.05) is 24.3 Å². The van der Waals surface area contributed by atoms with E-state index in [1.807, 2.05) is 48.5 Å². The van der Waals surface area contributed by atoms with E-state index in [0.29, 0.717) is 36.1 Å². The van der Waals surface area contributed by atoms with Gasteiger partial charge in [0.2, 0.25) is 11.8 Å². The SMILES string of the molecule is CC(=O)Nc1ccccc1OCCCCCCOc1ccccc1NC(C)=O. The highest BCUT2D eigenvalue weighted by atomic mass is 16.5. The molecule has 0 aliphatic heterocycles. The number of hydrogen-bond acceptors (Lipinski definition) is 4. The van der Waals surface area contributed by atoms with Crippen LogP contribution in [-0.4, -0.2) is 25.0 Å². The molecule has 6 nitrogen and oxygen atoms in total.